The van der Waals surface area contributed by atoms with E-state index in [0.29, 0.717) is 19.4 Å². The molecule has 0 aromatic rings. The Morgan fingerprint density at radius 1 is 1.70 bits per heavy atom. The van der Waals surface area contributed by atoms with Crippen molar-refractivity contribution >= 4 is 11.9 Å². The molecule has 0 radical (unpaired) electrons. The Hall–Kier alpha value is -1.21. The number of ketones is 1. The summed E-state index contributed by atoms with van der Waals surface area (Å²) in [7, 11) is 0. The first-order valence-electron chi connectivity index (χ1n) is 3.00. The van der Waals surface area contributed by atoms with Crippen molar-refractivity contribution in [2.75, 3.05) is 6.54 Å². The quantitative estimate of drug-likeness (QED) is 0.245. The highest BCUT2D eigenvalue weighted by Gasteiger charge is 1.92. The molecule has 0 spiro atoms. The Morgan fingerprint density at radius 3 is 2.90 bits per heavy atom. The van der Waals surface area contributed by atoms with E-state index in [9.17, 15) is 9.59 Å². The van der Waals surface area contributed by atoms with Crippen LogP contribution in [0.25, 0.3) is 0 Å². The molecule has 0 saturated carbocycles. The number of rotatable bonds is 5. The molecule has 10 heavy (non-hydrogen) atoms. The molecule has 0 heterocycles. The summed E-state index contributed by atoms with van der Waals surface area (Å²) in [6.45, 7) is 3.68. The summed E-state index contributed by atoms with van der Waals surface area (Å²) < 4.78 is 0. The van der Waals surface area contributed by atoms with E-state index in [2.05, 4.69) is 11.6 Å². The van der Waals surface area contributed by atoms with E-state index in [1.54, 1.807) is 0 Å². The minimum absolute atomic E-state index is 0.0129. The van der Waals surface area contributed by atoms with Gasteiger partial charge in [0.25, 0.3) is 0 Å². The van der Waals surface area contributed by atoms with Crippen LogP contribution in [-0.2, 0) is 9.59 Å². The summed E-state index contributed by atoms with van der Waals surface area (Å²) in [5.74, 6) is -0.0129. The first-order valence-corrected chi connectivity index (χ1v) is 3.00. The summed E-state index contributed by atoms with van der Waals surface area (Å²) in [5, 5.41) is 0. The highest BCUT2D eigenvalue weighted by Crippen LogP contribution is 1.90. The van der Waals surface area contributed by atoms with Crippen molar-refractivity contribution in [2.24, 2.45) is 4.99 Å². The number of carbonyl (C=O) groups is 1. The molecule has 0 saturated heterocycles. The Balaban J connectivity index is 3.27. The normalized spacial score (nSPS) is 8.00. The van der Waals surface area contributed by atoms with Crippen LogP contribution in [0, 0.1) is 0 Å². The zero-order valence-corrected chi connectivity index (χ0v) is 5.67. The summed E-state index contributed by atoms with van der Waals surface area (Å²) in [6, 6.07) is 0. The molecule has 0 aliphatic carbocycles. The third kappa shape index (κ3) is 4.94. The molecular weight excluding hydrogens is 130 g/mol. The van der Waals surface area contributed by atoms with Crippen LogP contribution in [0.5, 0.6) is 0 Å². The number of nitrogens with zero attached hydrogens (tertiary/aromatic N) is 1. The lowest BCUT2D eigenvalue weighted by molar-refractivity contribution is -0.114. The lowest BCUT2D eigenvalue weighted by atomic mass is 10.2. The molecule has 0 atom stereocenters. The number of allylic oxidation sites excluding steroid dienone is 1. The second-order valence-corrected chi connectivity index (χ2v) is 1.75. The molecule has 0 rings (SSSR count). The van der Waals surface area contributed by atoms with E-state index in [1.165, 1.54) is 12.2 Å². The van der Waals surface area contributed by atoms with Crippen molar-refractivity contribution in [1.29, 1.82) is 0 Å². The molecular formula is C7H9NO2. The van der Waals surface area contributed by atoms with Gasteiger partial charge in [-0.05, 0) is 12.5 Å². The van der Waals surface area contributed by atoms with E-state index in [4.69, 9.17) is 0 Å². The molecule has 0 N–H and O–H groups in total. The molecule has 0 aromatic heterocycles. The van der Waals surface area contributed by atoms with Gasteiger partial charge in [0.1, 0.15) is 0 Å². The Morgan fingerprint density at radius 2 is 2.40 bits per heavy atom. The molecule has 0 bridgehead atoms. The molecule has 0 aliphatic rings. The Labute approximate surface area is 59.5 Å². The van der Waals surface area contributed by atoms with Crippen molar-refractivity contribution in [3.8, 4) is 0 Å². The lowest BCUT2D eigenvalue weighted by Crippen LogP contribution is -1.92. The van der Waals surface area contributed by atoms with Crippen LogP contribution >= 0.6 is 0 Å². The number of hydrogen-bond donors (Lipinski definition) is 0. The third-order valence-corrected chi connectivity index (χ3v) is 0.985. The van der Waals surface area contributed by atoms with Crippen LogP contribution in [-0.4, -0.2) is 18.4 Å². The van der Waals surface area contributed by atoms with Crippen molar-refractivity contribution in [1.82, 2.24) is 0 Å². The minimum Gasteiger partial charge on any atom is -0.295 e. The van der Waals surface area contributed by atoms with Crippen LogP contribution < -0.4 is 0 Å². The first-order chi connectivity index (χ1) is 4.81. The number of carbonyl (C=O) groups excluding carboxylic acids is 2. The van der Waals surface area contributed by atoms with Gasteiger partial charge >= 0.3 is 0 Å². The highest BCUT2D eigenvalue weighted by molar-refractivity contribution is 5.88. The van der Waals surface area contributed by atoms with Gasteiger partial charge in [0.15, 0.2) is 5.78 Å². The standard InChI is InChI=1S/C7H9NO2/c1-2-7(10)4-3-5-8-6-9/h2H,1,3-5H2. The van der Waals surface area contributed by atoms with Gasteiger partial charge in [-0.1, -0.05) is 6.58 Å². The van der Waals surface area contributed by atoms with Crippen LogP contribution in [0.15, 0.2) is 17.6 Å². The summed E-state index contributed by atoms with van der Waals surface area (Å²) >= 11 is 0. The van der Waals surface area contributed by atoms with Crippen LogP contribution in [0.4, 0.5) is 0 Å². The van der Waals surface area contributed by atoms with Crippen molar-refractivity contribution in [3.05, 3.63) is 12.7 Å². The van der Waals surface area contributed by atoms with E-state index < -0.39 is 0 Å². The largest absolute Gasteiger partial charge is 0.295 e. The van der Waals surface area contributed by atoms with Crippen molar-refractivity contribution < 1.29 is 9.59 Å². The van der Waals surface area contributed by atoms with Gasteiger partial charge in [0.2, 0.25) is 6.08 Å². The number of aliphatic imine (C=N–C) groups is 1. The Bertz CT molecular complexity index is 168. The first kappa shape index (κ1) is 8.79. The molecule has 0 fully saturated rings. The monoisotopic (exact) mass is 139 g/mol. The SMILES string of the molecule is C=CC(=O)CCCN=C=O. The molecule has 0 aliphatic heterocycles. The summed E-state index contributed by atoms with van der Waals surface area (Å²) in [5.41, 5.74) is 0. The van der Waals surface area contributed by atoms with Crippen LogP contribution in [0.3, 0.4) is 0 Å². The highest BCUT2D eigenvalue weighted by atomic mass is 16.1. The lowest BCUT2D eigenvalue weighted by Gasteiger charge is -1.88. The molecule has 3 nitrogen and oxygen atoms in total. The average molecular weight is 139 g/mol. The van der Waals surface area contributed by atoms with Crippen molar-refractivity contribution in [2.45, 2.75) is 12.8 Å². The molecule has 0 amide bonds. The summed E-state index contributed by atoms with van der Waals surface area (Å²) in [4.78, 5) is 23.3. The van der Waals surface area contributed by atoms with E-state index >= 15 is 0 Å². The van der Waals surface area contributed by atoms with E-state index in [-0.39, 0.29) is 5.78 Å². The van der Waals surface area contributed by atoms with Gasteiger partial charge in [-0.3, -0.25) is 4.79 Å². The fraction of sp³-hybridized carbons (Fsp3) is 0.429. The van der Waals surface area contributed by atoms with Crippen LogP contribution in [0.1, 0.15) is 12.8 Å². The Kier molecular flexibility index (Phi) is 5.20. The average Bonchev–Trinajstić information content (AvgIpc) is 1.98. The maximum atomic E-state index is 10.5. The summed E-state index contributed by atoms with van der Waals surface area (Å²) in [6.07, 6.45) is 3.67. The molecule has 3 heteroatoms. The van der Waals surface area contributed by atoms with Gasteiger partial charge in [-0.2, -0.15) is 0 Å². The molecule has 0 unspecified atom stereocenters. The van der Waals surface area contributed by atoms with Gasteiger partial charge in [0.05, 0.1) is 6.54 Å². The van der Waals surface area contributed by atoms with E-state index in [0.717, 1.165) is 0 Å². The maximum absolute atomic E-state index is 10.5. The van der Waals surface area contributed by atoms with Gasteiger partial charge in [-0.15, -0.1) is 0 Å². The van der Waals surface area contributed by atoms with Gasteiger partial charge in [-0.25, -0.2) is 9.79 Å². The van der Waals surface area contributed by atoms with Gasteiger partial charge < -0.3 is 0 Å². The predicted octanol–water partition coefficient (Wildman–Crippen LogP) is 0.857. The van der Waals surface area contributed by atoms with E-state index in [1.807, 2.05) is 0 Å². The van der Waals surface area contributed by atoms with Gasteiger partial charge in [0, 0.05) is 6.42 Å². The van der Waals surface area contributed by atoms with Crippen LogP contribution in [0.2, 0.25) is 0 Å². The van der Waals surface area contributed by atoms with Crippen molar-refractivity contribution in [3.63, 3.8) is 0 Å². The molecule has 0 aromatic carbocycles. The second kappa shape index (κ2) is 5.92. The predicted molar refractivity (Wildman–Crippen MR) is 37.4 cm³/mol. The number of isocyanates is 1. The maximum Gasteiger partial charge on any atom is 0.234 e. The topological polar surface area (TPSA) is 46.5 Å². The molecule has 54 valence electrons. The fourth-order valence-electron chi connectivity index (χ4n) is 0.480. The third-order valence-electron chi connectivity index (χ3n) is 0.985. The number of hydrogen-bond acceptors (Lipinski definition) is 3. The smallest absolute Gasteiger partial charge is 0.234 e. The zero-order chi connectivity index (χ0) is 7.82. The fourth-order valence-corrected chi connectivity index (χ4v) is 0.480. The zero-order valence-electron chi connectivity index (χ0n) is 5.67. The minimum atomic E-state index is -0.0129. The second-order valence-electron chi connectivity index (χ2n) is 1.75.